The second-order valence-electron chi connectivity index (χ2n) is 6.77. The van der Waals surface area contributed by atoms with Crippen molar-refractivity contribution >= 4 is 17.5 Å². The van der Waals surface area contributed by atoms with Crippen LogP contribution in [0.1, 0.15) is 53.2 Å². The van der Waals surface area contributed by atoms with Crippen molar-refractivity contribution in [3.8, 4) is 0 Å². The van der Waals surface area contributed by atoms with E-state index in [2.05, 4.69) is 14.8 Å². The van der Waals surface area contributed by atoms with Gasteiger partial charge in [-0.15, -0.1) is 10.2 Å². The Kier molecular flexibility index (Phi) is 4.68. The lowest BCUT2D eigenvalue weighted by Crippen LogP contribution is -2.15. The number of carbonyl (C=O) groups excluding carboxylic acids is 1. The molecule has 1 aliphatic carbocycles. The number of hydrogen-bond acceptors (Lipinski definition) is 5. The third-order valence-corrected chi connectivity index (χ3v) is 5.65. The molecule has 0 aliphatic heterocycles. The second-order valence-corrected chi connectivity index (χ2v) is 8.08. The molecule has 1 saturated carbocycles. The molecule has 2 aromatic heterocycles. The van der Waals surface area contributed by atoms with Crippen LogP contribution < -0.4 is 0 Å². The van der Waals surface area contributed by atoms with Gasteiger partial charge in [-0.25, -0.2) is 0 Å². The minimum atomic E-state index is -0.232. The molecule has 26 heavy (non-hydrogen) atoms. The van der Waals surface area contributed by atoms with Gasteiger partial charge in [-0.2, -0.15) is 0 Å². The van der Waals surface area contributed by atoms with E-state index in [0.717, 1.165) is 40.7 Å². The predicted molar refractivity (Wildman–Crippen MR) is 101 cm³/mol. The lowest BCUT2D eigenvalue weighted by molar-refractivity contribution is 0.0994. The van der Waals surface area contributed by atoms with E-state index in [1.807, 2.05) is 50.2 Å². The molecule has 0 amide bonds. The molecule has 1 aromatic carbocycles. The molecule has 6 heteroatoms. The molecule has 1 aliphatic rings. The van der Waals surface area contributed by atoms with Crippen molar-refractivity contribution in [3.63, 3.8) is 0 Å². The number of aryl methyl sites for hydroxylation is 1. The van der Waals surface area contributed by atoms with E-state index in [-0.39, 0.29) is 11.0 Å². The van der Waals surface area contributed by atoms with Gasteiger partial charge in [-0.3, -0.25) is 9.36 Å². The summed E-state index contributed by atoms with van der Waals surface area (Å²) in [5.74, 6) is 2.45. The number of benzene rings is 1. The highest BCUT2D eigenvalue weighted by Gasteiger charge is 2.31. The van der Waals surface area contributed by atoms with Crippen molar-refractivity contribution in [1.82, 2.24) is 14.8 Å². The van der Waals surface area contributed by atoms with E-state index in [9.17, 15) is 4.79 Å². The molecule has 3 aromatic rings. The minimum absolute atomic E-state index is 0.107. The maximum Gasteiger partial charge on any atom is 0.192 e. The number of furan rings is 1. The summed E-state index contributed by atoms with van der Waals surface area (Å²) in [6, 6.07) is 11.5. The summed E-state index contributed by atoms with van der Waals surface area (Å²) in [5.41, 5.74) is 1.88. The zero-order chi connectivity index (χ0) is 18.1. The predicted octanol–water partition coefficient (Wildman–Crippen LogP) is 4.47. The molecule has 1 fully saturated rings. The van der Waals surface area contributed by atoms with Gasteiger partial charge in [0.15, 0.2) is 10.9 Å². The smallest absolute Gasteiger partial charge is 0.192 e. The molecule has 0 radical (unpaired) electrons. The Labute approximate surface area is 156 Å². The summed E-state index contributed by atoms with van der Waals surface area (Å²) < 4.78 is 7.59. The van der Waals surface area contributed by atoms with Gasteiger partial charge in [-0.1, -0.05) is 41.6 Å². The second kappa shape index (κ2) is 7.11. The molecule has 134 valence electrons. The summed E-state index contributed by atoms with van der Waals surface area (Å²) in [6.45, 7) is 4.54. The van der Waals surface area contributed by atoms with Crippen LogP contribution in [0.5, 0.6) is 0 Å². The Bertz CT molecular complexity index is 896. The third-order valence-electron chi connectivity index (χ3n) is 4.57. The topological polar surface area (TPSA) is 60.9 Å². The molecule has 1 unspecified atom stereocenters. The highest BCUT2D eigenvalue weighted by atomic mass is 32.2. The standard InChI is InChI=1S/C20H21N3O2S/c1-13-5-7-15(8-6-13)18(24)14(2)26-20-22-21-19(16-9-10-16)23(20)12-17-4-3-11-25-17/h3-8,11,14,16H,9-10,12H2,1-2H3. The maximum absolute atomic E-state index is 12.7. The number of hydrogen-bond donors (Lipinski definition) is 0. The van der Waals surface area contributed by atoms with Crippen LogP contribution in [0.4, 0.5) is 0 Å². The summed E-state index contributed by atoms with van der Waals surface area (Å²) in [4.78, 5) is 12.7. The van der Waals surface area contributed by atoms with Crippen LogP contribution in [0, 0.1) is 6.92 Å². The summed E-state index contributed by atoms with van der Waals surface area (Å²) in [5, 5.41) is 9.31. The average molecular weight is 367 g/mol. The molecular weight excluding hydrogens is 346 g/mol. The van der Waals surface area contributed by atoms with Crippen molar-refractivity contribution in [2.45, 2.75) is 49.6 Å². The Morgan fingerprint density at radius 2 is 2.04 bits per heavy atom. The Morgan fingerprint density at radius 1 is 1.27 bits per heavy atom. The molecule has 0 bridgehead atoms. The first kappa shape index (κ1) is 17.1. The van der Waals surface area contributed by atoms with E-state index in [1.165, 1.54) is 11.8 Å². The summed E-state index contributed by atoms with van der Waals surface area (Å²) in [7, 11) is 0. The van der Waals surface area contributed by atoms with Crippen LogP contribution in [0.25, 0.3) is 0 Å². The monoisotopic (exact) mass is 367 g/mol. The van der Waals surface area contributed by atoms with E-state index in [1.54, 1.807) is 6.26 Å². The van der Waals surface area contributed by atoms with Crippen LogP contribution in [0.2, 0.25) is 0 Å². The van der Waals surface area contributed by atoms with Crippen LogP contribution >= 0.6 is 11.8 Å². The van der Waals surface area contributed by atoms with Crippen molar-refractivity contribution < 1.29 is 9.21 Å². The van der Waals surface area contributed by atoms with E-state index in [4.69, 9.17) is 4.42 Å². The number of Topliss-reactive ketones (excluding diaryl/α,β-unsaturated/α-hetero) is 1. The number of ketones is 1. The van der Waals surface area contributed by atoms with Gasteiger partial charge in [0.2, 0.25) is 0 Å². The van der Waals surface area contributed by atoms with E-state index >= 15 is 0 Å². The normalized spacial score (nSPS) is 15.2. The number of carbonyl (C=O) groups is 1. The van der Waals surface area contributed by atoms with Crippen molar-refractivity contribution in [3.05, 3.63) is 65.4 Å². The van der Waals surface area contributed by atoms with Gasteiger partial charge in [0, 0.05) is 11.5 Å². The fourth-order valence-electron chi connectivity index (χ4n) is 2.90. The highest BCUT2D eigenvalue weighted by Crippen LogP contribution is 2.40. The van der Waals surface area contributed by atoms with Gasteiger partial charge in [-0.05, 0) is 38.8 Å². The van der Waals surface area contributed by atoms with Crippen LogP contribution in [0.3, 0.4) is 0 Å². The SMILES string of the molecule is Cc1ccc(C(=O)C(C)Sc2nnc(C3CC3)n2Cc2ccco2)cc1. The molecule has 1 atom stereocenters. The maximum atomic E-state index is 12.7. The van der Waals surface area contributed by atoms with Gasteiger partial charge < -0.3 is 4.42 Å². The van der Waals surface area contributed by atoms with Crippen molar-refractivity contribution in [2.75, 3.05) is 0 Å². The Morgan fingerprint density at radius 3 is 2.69 bits per heavy atom. The zero-order valence-corrected chi connectivity index (χ0v) is 15.7. The van der Waals surface area contributed by atoms with Gasteiger partial charge >= 0.3 is 0 Å². The molecule has 5 nitrogen and oxygen atoms in total. The largest absolute Gasteiger partial charge is 0.467 e. The Hall–Kier alpha value is -2.34. The highest BCUT2D eigenvalue weighted by molar-refractivity contribution is 8.00. The van der Waals surface area contributed by atoms with Crippen LogP contribution in [-0.2, 0) is 6.54 Å². The number of aromatic nitrogens is 3. The van der Waals surface area contributed by atoms with Gasteiger partial charge in [0.05, 0.1) is 18.1 Å². The molecular formula is C20H21N3O2S. The molecule has 0 saturated heterocycles. The first-order valence-electron chi connectivity index (χ1n) is 8.85. The molecule has 4 rings (SSSR count). The summed E-state index contributed by atoms with van der Waals surface area (Å²) in [6.07, 6.45) is 3.98. The van der Waals surface area contributed by atoms with E-state index < -0.39 is 0 Å². The number of nitrogens with zero attached hydrogens (tertiary/aromatic N) is 3. The first-order chi connectivity index (χ1) is 12.6. The average Bonchev–Trinajstić information content (AvgIpc) is 3.21. The quantitative estimate of drug-likeness (QED) is 0.455. The van der Waals surface area contributed by atoms with Crippen LogP contribution in [0.15, 0.2) is 52.2 Å². The lowest BCUT2D eigenvalue weighted by Gasteiger charge is -2.12. The molecule has 0 N–H and O–H groups in total. The first-order valence-corrected chi connectivity index (χ1v) is 9.73. The van der Waals surface area contributed by atoms with Crippen molar-refractivity contribution in [1.29, 1.82) is 0 Å². The van der Waals surface area contributed by atoms with E-state index in [0.29, 0.717) is 12.5 Å². The zero-order valence-electron chi connectivity index (χ0n) is 14.9. The number of rotatable bonds is 7. The van der Waals surface area contributed by atoms with Crippen molar-refractivity contribution in [2.24, 2.45) is 0 Å². The lowest BCUT2D eigenvalue weighted by atomic mass is 10.1. The molecule has 2 heterocycles. The third kappa shape index (κ3) is 3.60. The fraction of sp³-hybridized carbons (Fsp3) is 0.350. The van der Waals surface area contributed by atoms with Gasteiger partial charge in [0.1, 0.15) is 11.6 Å². The Balaban J connectivity index is 1.55. The number of thioether (sulfide) groups is 1. The molecule has 0 spiro atoms. The summed E-state index contributed by atoms with van der Waals surface area (Å²) >= 11 is 1.46. The van der Waals surface area contributed by atoms with Gasteiger partial charge in [0.25, 0.3) is 0 Å². The van der Waals surface area contributed by atoms with Crippen LogP contribution in [-0.4, -0.2) is 25.8 Å². The fourth-order valence-corrected chi connectivity index (χ4v) is 3.83. The minimum Gasteiger partial charge on any atom is -0.467 e.